The largest absolute Gasteiger partial charge is 0.367 e. The molecule has 1 fully saturated rings. The molecular formula is C16H21FN2O. The molecule has 0 spiro atoms. The first kappa shape index (κ1) is 13.6. The number of nitrogens with zero attached hydrogens (tertiary/aromatic N) is 2. The number of Topliss-reactive ketones (excluding diaryl/α,β-unsaturated/α-hetero) is 1. The molecule has 0 aromatic heterocycles. The third-order valence-electron chi connectivity index (χ3n) is 4.41. The zero-order valence-corrected chi connectivity index (χ0v) is 11.9. The zero-order valence-electron chi connectivity index (χ0n) is 11.9. The molecule has 0 amide bonds. The van der Waals surface area contributed by atoms with Crippen LogP contribution in [0.1, 0.15) is 25.3 Å². The molecule has 0 N–H and O–H groups in total. The smallest absolute Gasteiger partial charge is 0.131 e. The van der Waals surface area contributed by atoms with Gasteiger partial charge in [-0.25, -0.2) is 4.39 Å². The van der Waals surface area contributed by atoms with E-state index in [1.165, 1.54) is 0 Å². The molecule has 1 atom stereocenters. The van der Waals surface area contributed by atoms with Crippen molar-refractivity contribution in [2.24, 2.45) is 0 Å². The monoisotopic (exact) mass is 276 g/mol. The third kappa shape index (κ3) is 2.57. The van der Waals surface area contributed by atoms with Crippen molar-refractivity contribution in [2.45, 2.75) is 32.2 Å². The van der Waals surface area contributed by atoms with E-state index in [1.54, 1.807) is 19.1 Å². The summed E-state index contributed by atoms with van der Waals surface area (Å²) >= 11 is 0. The lowest BCUT2D eigenvalue weighted by Crippen LogP contribution is -2.39. The number of carbonyl (C=O) groups excluding carboxylic acids is 1. The van der Waals surface area contributed by atoms with Crippen LogP contribution in [0.5, 0.6) is 0 Å². The first-order valence-electron chi connectivity index (χ1n) is 7.41. The summed E-state index contributed by atoms with van der Waals surface area (Å²) in [5, 5.41) is 0. The number of fused-ring (bicyclic) bond motifs is 3. The fourth-order valence-corrected chi connectivity index (χ4v) is 3.40. The summed E-state index contributed by atoms with van der Waals surface area (Å²) in [4.78, 5) is 15.8. The van der Waals surface area contributed by atoms with Gasteiger partial charge in [0.05, 0.1) is 0 Å². The average molecular weight is 276 g/mol. The fourth-order valence-electron chi connectivity index (χ4n) is 3.40. The molecular weight excluding hydrogens is 255 g/mol. The zero-order chi connectivity index (χ0) is 14.1. The number of rotatable bonds is 3. The lowest BCUT2D eigenvalue weighted by atomic mass is 10.1. The maximum absolute atomic E-state index is 13.9. The molecule has 0 bridgehead atoms. The van der Waals surface area contributed by atoms with Gasteiger partial charge in [0.25, 0.3) is 0 Å². The molecule has 108 valence electrons. The van der Waals surface area contributed by atoms with Crippen LogP contribution in [0.3, 0.4) is 0 Å². The molecule has 1 aromatic carbocycles. The number of hydrogen-bond acceptors (Lipinski definition) is 3. The Balaban J connectivity index is 1.74. The third-order valence-corrected chi connectivity index (χ3v) is 4.41. The molecule has 20 heavy (non-hydrogen) atoms. The summed E-state index contributed by atoms with van der Waals surface area (Å²) < 4.78 is 13.9. The summed E-state index contributed by atoms with van der Waals surface area (Å²) in [7, 11) is 0. The Labute approximate surface area is 119 Å². The summed E-state index contributed by atoms with van der Waals surface area (Å²) in [5.41, 5.74) is 1.94. The minimum Gasteiger partial charge on any atom is -0.367 e. The molecule has 2 aliphatic heterocycles. The second-order valence-electron chi connectivity index (χ2n) is 5.90. The van der Waals surface area contributed by atoms with E-state index < -0.39 is 0 Å². The number of halogens is 1. The van der Waals surface area contributed by atoms with Crippen LogP contribution < -0.4 is 4.90 Å². The highest BCUT2D eigenvalue weighted by Gasteiger charge is 2.33. The molecule has 0 saturated carbocycles. The van der Waals surface area contributed by atoms with Gasteiger partial charge >= 0.3 is 0 Å². The molecule has 2 aliphatic rings. The predicted octanol–water partition coefficient (Wildman–Crippen LogP) is 2.24. The van der Waals surface area contributed by atoms with Crippen molar-refractivity contribution in [3.8, 4) is 0 Å². The predicted molar refractivity (Wildman–Crippen MR) is 77.6 cm³/mol. The molecule has 1 unspecified atom stereocenters. The van der Waals surface area contributed by atoms with Gasteiger partial charge in [-0.15, -0.1) is 0 Å². The van der Waals surface area contributed by atoms with E-state index in [1.807, 2.05) is 6.07 Å². The van der Waals surface area contributed by atoms with Crippen LogP contribution in [0.4, 0.5) is 10.1 Å². The second kappa shape index (κ2) is 5.52. The maximum Gasteiger partial charge on any atom is 0.131 e. The van der Waals surface area contributed by atoms with Crippen molar-refractivity contribution in [3.05, 3.63) is 29.6 Å². The highest BCUT2D eigenvalue weighted by atomic mass is 19.1. The van der Waals surface area contributed by atoms with Crippen LogP contribution in [-0.2, 0) is 11.2 Å². The summed E-state index contributed by atoms with van der Waals surface area (Å²) in [6, 6.07) is 5.74. The molecule has 4 heteroatoms. The molecule has 0 aliphatic carbocycles. The Morgan fingerprint density at radius 2 is 2.25 bits per heavy atom. The SMILES string of the molecule is CC(=O)CCN1CCCN2c3cccc(F)c3CC2C1. The van der Waals surface area contributed by atoms with Crippen LogP contribution >= 0.6 is 0 Å². The van der Waals surface area contributed by atoms with E-state index in [-0.39, 0.29) is 11.6 Å². The number of hydrogen-bond donors (Lipinski definition) is 0. The standard InChI is InChI=1S/C16H21FN2O/c1-12(20)6-9-18-7-3-8-19-13(11-18)10-14-15(17)4-2-5-16(14)19/h2,4-5,13H,3,6-11H2,1H3. The van der Waals surface area contributed by atoms with Gasteiger partial charge in [-0.1, -0.05) is 6.07 Å². The van der Waals surface area contributed by atoms with Crippen LogP contribution in [0, 0.1) is 5.82 Å². The Bertz CT molecular complexity index is 517. The minimum absolute atomic E-state index is 0.0779. The lowest BCUT2D eigenvalue weighted by Gasteiger charge is -2.27. The van der Waals surface area contributed by atoms with Crippen molar-refractivity contribution in [1.29, 1.82) is 0 Å². The van der Waals surface area contributed by atoms with Crippen LogP contribution in [0.25, 0.3) is 0 Å². The van der Waals surface area contributed by atoms with Crippen molar-refractivity contribution in [1.82, 2.24) is 4.90 Å². The molecule has 2 heterocycles. The fraction of sp³-hybridized carbons (Fsp3) is 0.562. The molecule has 0 radical (unpaired) electrons. The Morgan fingerprint density at radius 3 is 3.05 bits per heavy atom. The highest BCUT2D eigenvalue weighted by Crippen LogP contribution is 2.35. The van der Waals surface area contributed by atoms with E-state index in [0.717, 1.165) is 50.3 Å². The van der Waals surface area contributed by atoms with Crippen LogP contribution in [0.15, 0.2) is 18.2 Å². The van der Waals surface area contributed by atoms with Crippen molar-refractivity contribution in [3.63, 3.8) is 0 Å². The lowest BCUT2D eigenvalue weighted by molar-refractivity contribution is -0.117. The van der Waals surface area contributed by atoms with E-state index in [0.29, 0.717) is 12.5 Å². The summed E-state index contributed by atoms with van der Waals surface area (Å²) in [6.07, 6.45) is 2.48. The summed E-state index contributed by atoms with van der Waals surface area (Å²) in [5.74, 6) is 0.165. The van der Waals surface area contributed by atoms with Gasteiger partial charge in [0.1, 0.15) is 11.6 Å². The van der Waals surface area contributed by atoms with Gasteiger partial charge in [0.15, 0.2) is 0 Å². The second-order valence-corrected chi connectivity index (χ2v) is 5.90. The number of benzene rings is 1. The van der Waals surface area contributed by atoms with Gasteiger partial charge < -0.3 is 9.80 Å². The quantitative estimate of drug-likeness (QED) is 0.846. The van der Waals surface area contributed by atoms with Crippen LogP contribution in [-0.4, -0.2) is 42.9 Å². The molecule has 1 saturated heterocycles. The first-order valence-corrected chi connectivity index (χ1v) is 7.41. The van der Waals surface area contributed by atoms with E-state index in [4.69, 9.17) is 0 Å². The molecule has 3 rings (SSSR count). The number of carbonyl (C=O) groups is 1. The Hall–Kier alpha value is -1.42. The maximum atomic E-state index is 13.9. The highest BCUT2D eigenvalue weighted by molar-refractivity contribution is 5.75. The molecule has 3 nitrogen and oxygen atoms in total. The van der Waals surface area contributed by atoms with E-state index in [9.17, 15) is 9.18 Å². The Morgan fingerprint density at radius 1 is 1.40 bits per heavy atom. The van der Waals surface area contributed by atoms with Gasteiger partial charge in [-0.05, 0) is 38.4 Å². The van der Waals surface area contributed by atoms with Gasteiger partial charge in [-0.3, -0.25) is 4.79 Å². The number of anilines is 1. The Kier molecular flexibility index (Phi) is 3.74. The minimum atomic E-state index is -0.0779. The van der Waals surface area contributed by atoms with Crippen molar-refractivity contribution >= 4 is 11.5 Å². The van der Waals surface area contributed by atoms with Gasteiger partial charge in [0.2, 0.25) is 0 Å². The van der Waals surface area contributed by atoms with Crippen molar-refractivity contribution < 1.29 is 9.18 Å². The molecule has 1 aromatic rings. The van der Waals surface area contributed by atoms with Crippen molar-refractivity contribution in [2.75, 3.05) is 31.1 Å². The van der Waals surface area contributed by atoms with Gasteiger partial charge in [-0.2, -0.15) is 0 Å². The summed E-state index contributed by atoms with van der Waals surface area (Å²) in [6.45, 7) is 5.42. The first-order chi connectivity index (χ1) is 9.65. The number of ketones is 1. The van der Waals surface area contributed by atoms with Gasteiger partial charge in [0, 0.05) is 43.3 Å². The average Bonchev–Trinajstić information content (AvgIpc) is 2.64. The van der Waals surface area contributed by atoms with E-state index in [2.05, 4.69) is 9.80 Å². The van der Waals surface area contributed by atoms with Crippen LogP contribution in [0.2, 0.25) is 0 Å². The topological polar surface area (TPSA) is 23.6 Å². The normalized spacial score (nSPS) is 22.3. The van der Waals surface area contributed by atoms with E-state index >= 15 is 0 Å².